The highest BCUT2D eigenvalue weighted by Gasteiger charge is 2.00. The predicted octanol–water partition coefficient (Wildman–Crippen LogP) is 1.58. The summed E-state index contributed by atoms with van der Waals surface area (Å²) in [7, 11) is 2.27. The third-order valence-electron chi connectivity index (χ3n) is 2.58. The third-order valence-corrected chi connectivity index (χ3v) is 4.51. The molecule has 0 atom stereocenters. The lowest BCUT2D eigenvalue weighted by atomic mass is 10.3. The van der Waals surface area contributed by atoms with Crippen LogP contribution in [0, 0.1) is 0 Å². The Balaban J connectivity index is 1.87. The second-order valence-electron chi connectivity index (χ2n) is 4.19. The molecule has 3 aromatic heterocycles. The molecule has 0 radical (unpaired) electrons. The first-order chi connectivity index (χ1) is 11.3. The molecule has 23 heavy (non-hydrogen) atoms. The first kappa shape index (κ1) is 15.1. The zero-order valence-corrected chi connectivity index (χ0v) is 13.3. The minimum absolute atomic E-state index is 0.217. The van der Waals surface area contributed by atoms with E-state index in [1.807, 2.05) is 18.2 Å². The van der Waals surface area contributed by atoms with Crippen molar-refractivity contribution in [2.24, 2.45) is 15.3 Å². The molecule has 0 aliphatic heterocycles. The van der Waals surface area contributed by atoms with Crippen LogP contribution in [0.15, 0.2) is 69.2 Å². The van der Waals surface area contributed by atoms with Gasteiger partial charge in [-0.2, -0.15) is 14.9 Å². The highest BCUT2D eigenvalue weighted by atomic mass is 32.9. The van der Waals surface area contributed by atoms with E-state index in [-0.39, 0.29) is 4.87 Å². The molecule has 0 aliphatic rings. The fraction of sp³-hybridized carbons (Fsp3) is 0. The number of hydrogen-bond acceptors (Lipinski definition) is 8. The van der Waals surface area contributed by atoms with Crippen molar-refractivity contribution in [3.8, 4) is 0 Å². The summed E-state index contributed by atoms with van der Waals surface area (Å²) in [6.45, 7) is 0. The quantitative estimate of drug-likeness (QED) is 0.410. The summed E-state index contributed by atoms with van der Waals surface area (Å²) in [5.41, 5.74) is 1.62. The Bertz CT molecular complexity index is 940. The number of hydrogen-bond donors (Lipinski definition) is 0. The summed E-state index contributed by atoms with van der Waals surface area (Å²) in [6, 6.07) is 7.30. The molecule has 0 aromatic carbocycles. The van der Waals surface area contributed by atoms with Gasteiger partial charge in [0.2, 0.25) is 4.80 Å². The number of aromatic nitrogens is 3. The second kappa shape index (κ2) is 7.47. The molecule has 0 bridgehead atoms. The molecule has 0 aliphatic carbocycles. The molecule has 0 saturated heterocycles. The van der Waals surface area contributed by atoms with Crippen LogP contribution in [0.1, 0.15) is 11.1 Å². The molecular formula is C14H10N6OS2. The van der Waals surface area contributed by atoms with Gasteiger partial charge in [0.05, 0.1) is 12.4 Å². The zero-order valence-electron chi connectivity index (χ0n) is 11.7. The molecule has 3 rings (SSSR count). The number of nitrogens with zero attached hydrogens (tertiary/aromatic N) is 6. The van der Waals surface area contributed by atoms with Crippen LogP contribution in [-0.2, 0) is 0 Å². The van der Waals surface area contributed by atoms with Crippen LogP contribution in [0.5, 0.6) is 0 Å². The summed E-state index contributed by atoms with van der Waals surface area (Å²) >= 11 is 0. The average molecular weight is 342 g/mol. The molecular weight excluding hydrogens is 332 g/mol. The van der Waals surface area contributed by atoms with E-state index in [9.17, 15) is 4.79 Å². The van der Waals surface area contributed by atoms with E-state index in [4.69, 9.17) is 0 Å². The van der Waals surface area contributed by atoms with E-state index in [0.29, 0.717) is 4.80 Å². The lowest BCUT2D eigenvalue weighted by Gasteiger charge is -1.91. The average Bonchev–Trinajstić information content (AvgIpc) is 2.95. The van der Waals surface area contributed by atoms with Gasteiger partial charge in [-0.25, -0.2) is 0 Å². The van der Waals surface area contributed by atoms with Gasteiger partial charge >= 0.3 is 4.87 Å². The summed E-state index contributed by atoms with van der Waals surface area (Å²) in [5, 5.41) is 12.2. The van der Waals surface area contributed by atoms with Crippen molar-refractivity contribution in [2.75, 3.05) is 0 Å². The predicted molar refractivity (Wildman–Crippen MR) is 91.1 cm³/mol. The van der Waals surface area contributed by atoms with Crippen molar-refractivity contribution in [2.45, 2.75) is 0 Å². The minimum atomic E-state index is -0.217. The van der Waals surface area contributed by atoms with E-state index in [2.05, 4.69) is 25.3 Å². The van der Waals surface area contributed by atoms with Crippen molar-refractivity contribution < 1.29 is 0 Å². The van der Waals surface area contributed by atoms with Gasteiger partial charge < -0.3 is 0 Å². The first-order valence-corrected chi connectivity index (χ1v) is 8.61. The van der Waals surface area contributed by atoms with E-state index in [0.717, 1.165) is 21.5 Å². The largest absolute Gasteiger partial charge is 0.340 e. The maximum absolute atomic E-state index is 11.8. The first-order valence-electron chi connectivity index (χ1n) is 6.46. The van der Waals surface area contributed by atoms with E-state index >= 15 is 0 Å². The smallest absolute Gasteiger partial charge is 0.264 e. The van der Waals surface area contributed by atoms with Gasteiger partial charge in [-0.05, 0) is 32.8 Å². The summed E-state index contributed by atoms with van der Waals surface area (Å²) < 4.78 is 1.21. The van der Waals surface area contributed by atoms with Crippen LogP contribution in [0.25, 0.3) is 0 Å². The van der Waals surface area contributed by atoms with Gasteiger partial charge in [0, 0.05) is 35.9 Å². The van der Waals surface area contributed by atoms with Crippen LogP contribution in [0.4, 0.5) is 0 Å². The van der Waals surface area contributed by atoms with Crippen molar-refractivity contribution >= 4 is 33.1 Å². The van der Waals surface area contributed by atoms with Crippen LogP contribution in [0.2, 0.25) is 0 Å². The Kier molecular flexibility index (Phi) is 4.92. The molecule has 0 N–H and O–H groups in total. The topological polar surface area (TPSA) is 84.9 Å². The zero-order chi connectivity index (χ0) is 15.9. The monoisotopic (exact) mass is 342 g/mol. The lowest BCUT2D eigenvalue weighted by Crippen LogP contribution is -2.20. The van der Waals surface area contributed by atoms with E-state index in [1.165, 1.54) is 15.0 Å². The maximum atomic E-state index is 11.8. The third kappa shape index (κ3) is 4.11. The Morgan fingerprint density at radius 1 is 1.00 bits per heavy atom. The van der Waals surface area contributed by atoms with Gasteiger partial charge in [-0.1, -0.05) is 12.1 Å². The second-order valence-corrected chi connectivity index (χ2v) is 6.24. The van der Waals surface area contributed by atoms with Gasteiger partial charge in [-0.3, -0.25) is 14.8 Å². The highest BCUT2D eigenvalue weighted by molar-refractivity contribution is 7.67. The van der Waals surface area contributed by atoms with Gasteiger partial charge in [0.25, 0.3) is 0 Å². The Labute approximate surface area is 138 Å². The molecule has 3 aromatic rings. The molecule has 0 saturated carbocycles. The fourth-order valence-electron chi connectivity index (χ4n) is 1.55. The summed E-state index contributed by atoms with van der Waals surface area (Å²) in [6.07, 6.45) is 9.80. The maximum Gasteiger partial charge on any atom is 0.340 e. The number of rotatable bonds is 4. The molecule has 3 heterocycles. The highest BCUT2D eigenvalue weighted by Crippen LogP contribution is 1.95. The van der Waals surface area contributed by atoms with Gasteiger partial charge in [0.1, 0.15) is 0 Å². The normalized spacial score (nSPS) is 12.4. The molecule has 0 spiro atoms. The summed E-state index contributed by atoms with van der Waals surface area (Å²) in [5.74, 6) is 0. The van der Waals surface area contributed by atoms with E-state index < -0.39 is 0 Å². The molecule has 0 unspecified atom stereocenters. The molecule has 7 nitrogen and oxygen atoms in total. The van der Waals surface area contributed by atoms with Gasteiger partial charge in [0.15, 0.2) is 0 Å². The van der Waals surface area contributed by atoms with Crippen molar-refractivity contribution in [3.63, 3.8) is 0 Å². The molecule has 0 amide bonds. The Morgan fingerprint density at radius 3 is 2.35 bits per heavy atom. The Morgan fingerprint density at radius 2 is 1.70 bits per heavy atom. The Hall–Kier alpha value is -2.78. The molecule has 9 heteroatoms. The number of pyridine rings is 2. The standard InChI is InChI=1S/C14H10N6OS2/c21-14-20(18-10-12-4-2-6-16-8-12)13(22-23-14)19-17-9-11-3-1-5-15-7-11/h1-10H/b17-9+,18-10+,19-13-. The fourth-order valence-corrected chi connectivity index (χ4v) is 3.20. The lowest BCUT2D eigenvalue weighted by molar-refractivity contribution is 0.808. The van der Waals surface area contributed by atoms with Crippen molar-refractivity contribution in [1.29, 1.82) is 0 Å². The van der Waals surface area contributed by atoms with Crippen LogP contribution < -0.4 is 9.67 Å². The minimum Gasteiger partial charge on any atom is -0.264 e. The molecule has 114 valence electrons. The van der Waals surface area contributed by atoms with Gasteiger partial charge in [-0.15, -0.1) is 5.10 Å². The van der Waals surface area contributed by atoms with Crippen LogP contribution in [0.3, 0.4) is 0 Å². The molecule has 0 fully saturated rings. The summed E-state index contributed by atoms with van der Waals surface area (Å²) in [4.78, 5) is 20.0. The van der Waals surface area contributed by atoms with Crippen LogP contribution in [-0.4, -0.2) is 27.1 Å². The SMILES string of the molecule is O=c1ss/c(=N\N=C\c2cccnc2)n1/N=C/c1cccnc1. The van der Waals surface area contributed by atoms with Crippen molar-refractivity contribution in [3.05, 3.63) is 74.6 Å². The van der Waals surface area contributed by atoms with Crippen LogP contribution >= 0.6 is 20.7 Å². The van der Waals surface area contributed by atoms with Crippen molar-refractivity contribution in [1.82, 2.24) is 14.6 Å². The van der Waals surface area contributed by atoms with E-state index in [1.54, 1.807) is 43.3 Å².